The number of aryl methyl sites for hydroxylation is 1. The van der Waals surface area contributed by atoms with Crippen LogP contribution in [0.5, 0.6) is 0 Å². The van der Waals surface area contributed by atoms with Crippen molar-refractivity contribution in [2.75, 3.05) is 7.05 Å². The van der Waals surface area contributed by atoms with E-state index in [1.165, 1.54) is 11.5 Å². The molecule has 7 heteroatoms. The number of nitrogens with one attached hydrogen (secondary N) is 1. The Morgan fingerprint density at radius 2 is 2.14 bits per heavy atom. The van der Waals surface area contributed by atoms with E-state index in [1.54, 1.807) is 0 Å². The first-order valence-electron chi connectivity index (χ1n) is 7.11. The van der Waals surface area contributed by atoms with Crippen LogP contribution in [0.15, 0.2) is 10.7 Å². The lowest BCUT2D eigenvalue weighted by atomic mass is 9.89. The smallest absolute Gasteiger partial charge is 0.0886 e. The molecular formula is C14H22BrN5S. The van der Waals surface area contributed by atoms with E-state index >= 15 is 0 Å². The Morgan fingerprint density at radius 3 is 2.71 bits per heavy atom. The van der Waals surface area contributed by atoms with Gasteiger partial charge < -0.3 is 5.32 Å². The first kappa shape index (κ1) is 16.6. The monoisotopic (exact) mass is 371 g/mol. The van der Waals surface area contributed by atoms with Crippen LogP contribution < -0.4 is 5.32 Å². The number of hydrogen-bond donors (Lipinski definition) is 1. The van der Waals surface area contributed by atoms with Gasteiger partial charge in [-0.2, -0.15) is 5.10 Å². The highest BCUT2D eigenvalue weighted by Gasteiger charge is 2.30. The Morgan fingerprint density at radius 1 is 1.43 bits per heavy atom. The number of halogens is 1. The molecule has 0 saturated carbocycles. The van der Waals surface area contributed by atoms with Crippen molar-refractivity contribution < 1.29 is 0 Å². The van der Waals surface area contributed by atoms with Crippen molar-refractivity contribution in [2.24, 2.45) is 0 Å². The maximum Gasteiger partial charge on any atom is 0.0886 e. The molecule has 116 valence electrons. The highest BCUT2D eigenvalue weighted by Crippen LogP contribution is 2.36. The molecule has 0 amide bonds. The zero-order chi connectivity index (χ0) is 15.6. The molecule has 2 rings (SSSR count). The minimum Gasteiger partial charge on any atom is -0.307 e. The summed E-state index contributed by atoms with van der Waals surface area (Å²) in [6.07, 6.45) is 2.91. The van der Waals surface area contributed by atoms with Gasteiger partial charge in [0, 0.05) is 12.0 Å². The fraction of sp³-hybridized carbons (Fsp3) is 0.643. The van der Waals surface area contributed by atoms with Crippen LogP contribution in [0.25, 0.3) is 0 Å². The first-order valence-corrected chi connectivity index (χ1v) is 8.68. The van der Waals surface area contributed by atoms with Crippen molar-refractivity contribution in [3.05, 3.63) is 26.9 Å². The van der Waals surface area contributed by atoms with Gasteiger partial charge in [0.2, 0.25) is 0 Å². The Balaban J connectivity index is 2.51. The predicted molar refractivity (Wildman–Crippen MR) is 89.7 cm³/mol. The summed E-state index contributed by atoms with van der Waals surface area (Å²) in [5, 5.41) is 12.2. The molecule has 1 unspecified atom stereocenters. The van der Waals surface area contributed by atoms with Crippen LogP contribution in [-0.2, 0) is 12.0 Å². The third-order valence-electron chi connectivity index (χ3n) is 3.32. The van der Waals surface area contributed by atoms with E-state index in [4.69, 9.17) is 0 Å². The lowest BCUT2D eigenvalue weighted by Gasteiger charge is -2.22. The minimum atomic E-state index is -0.0283. The quantitative estimate of drug-likeness (QED) is 0.873. The maximum atomic E-state index is 4.47. The van der Waals surface area contributed by atoms with Crippen LogP contribution in [0.2, 0.25) is 0 Å². The summed E-state index contributed by atoms with van der Waals surface area (Å²) in [4.78, 5) is 1.16. The highest BCUT2D eigenvalue weighted by atomic mass is 79.9. The fourth-order valence-corrected chi connectivity index (χ4v) is 3.85. The van der Waals surface area contributed by atoms with Gasteiger partial charge >= 0.3 is 0 Å². The Bertz CT molecular complexity index is 599. The van der Waals surface area contributed by atoms with E-state index in [0.717, 1.165) is 33.7 Å². The molecule has 0 aromatic carbocycles. The molecular weight excluding hydrogens is 350 g/mol. The lowest BCUT2D eigenvalue weighted by Crippen LogP contribution is -2.25. The molecule has 2 aromatic rings. The van der Waals surface area contributed by atoms with E-state index in [-0.39, 0.29) is 11.5 Å². The summed E-state index contributed by atoms with van der Waals surface area (Å²) in [6, 6.07) is 0.0441. The van der Waals surface area contributed by atoms with Crippen molar-refractivity contribution in [3.8, 4) is 0 Å². The third-order valence-corrected chi connectivity index (χ3v) is 4.72. The van der Waals surface area contributed by atoms with Gasteiger partial charge in [-0.25, -0.2) is 0 Å². The van der Waals surface area contributed by atoms with Gasteiger partial charge in [-0.3, -0.25) is 4.68 Å². The van der Waals surface area contributed by atoms with Crippen LogP contribution in [0.4, 0.5) is 0 Å². The Hall–Kier alpha value is -0.790. The van der Waals surface area contributed by atoms with E-state index in [1.807, 2.05) is 13.2 Å². The number of hydrogen-bond acceptors (Lipinski definition) is 5. The maximum absolute atomic E-state index is 4.47. The van der Waals surface area contributed by atoms with Crippen molar-refractivity contribution in [1.29, 1.82) is 0 Å². The van der Waals surface area contributed by atoms with Gasteiger partial charge in [0.1, 0.15) is 0 Å². The first-order chi connectivity index (χ1) is 9.90. The van der Waals surface area contributed by atoms with Gasteiger partial charge in [-0.15, -0.1) is 5.10 Å². The summed E-state index contributed by atoms with van der Waals surface area (Å²) in [5.41, 5.74) is 2.15. The molecule has 0 aliphatic rings. The molecule has 5 nitrogen and oxygen atoms in total. The molecule has 0 saturated heterocycles. The zero-order valence-corrected chi connectivity index (χ0v) is 15.5. The topological polar surface area (TPSA) is 55.6 Å². The van der Waals surface area contributed by atoms with E-state index < -0.39 is 0 Å². The summed E-state index contributed by atoms with van der Waals surface area (Å²) in [6.45, 7) is 9.55. The van der Waals surface area contributed by atoms with Crippen LogP contribution in [-0.4, -0.2) is 26.4 Å². The molecule has 0 fully saturated rings. The van der Waals surface area contributed by atoms with Crippen LogP contribution in [0.3, 0.4) is 0 Å². The van der Waals surface area contributed by atoms with Gasteiger partial charge in [-0.05, 0) is 40.9 Å². The fourth-order valence-electron chi connectivity index (χ4n) is 2.35. The molecule has 0 aliphatic carbocycles. The molecule has 0 radical (unpaired) electrons. The predicted octanol–water partition coefficient (Wildman–Crippen LogP) is 3.51. The SMILES string of the molecule is CCCn1ncc(Br)c1C(NC)c1snnc1C(C)(C)C. The Labute approximate surface area is 138 Å². The van der Waals surface area contributed by atoms with Crippen molar-refractivity contribution in [1.82, 2.24) is 24.7 Å². The van der Waals surface area contributed by atoms with Gasteiger partial charge in [0.25, 0.3) is 0 Å². The second kappa shape index (κ2) is 6.54. The van der Waals surface area contributed by atoms with E-state index in [2.05, 4.69) is 68.3 Å². The standard InChI is InChI=1S/C14H22BrN5S/c1-6-7-20-11(9(15)8-17-20)10(16-5)12-13(14(2,3)4)18-19-21-12/h8,10,16H,6-7H2,1-5H3. The van der Waals surface area contributed by atoms with E-state index in [9.17, 15) is 0 Å². The molecule has 0 spiro atoms. The Kier molecular flexibility index (Phi) is 5.16. The van der Waals surface area contributed by atoms with Crippen LogP contribution in [0.1, 0.15) is 56.4 Å². The zero-order valence-electron chi connectivity index (χ0n) is 13.1. The second-order valence-corrected chi connectivity index (χ2v) is 7.70. The summed E-state index contributed by atoms with van der Waals surface area (Å²) in [7, 11) is 1.96. The second-order valence-electron chi connectivity index (χ2n) is 6.06. The van der Waals surface area contributed by atoms with E-state index in [0.29, 0.717) is 0 Å². The highest BCUT2D eigenvalue weighted by molar-refractivity contribution is 9.10. The minimum absolute atomic E-state index is 0.0283. The number of rotatable bonds is 5. The largest absolute Gasteiger partial charge is 0.307 e. The van der Waals surface area contributed by atoms with Gasteiger partial charge in [-0.1, -0.05) is 32.2 Å². The van der Waals surface area contributed by atoms with Crippen molar-refractivity contribution in [2.45, 2.75) is 52.1 Å². The normalized spacial score (nSPS) is 13.6. The van der Waals surface area contributed by atoms with Gasteiger partial charge in [0.05, 0.1) is 33.0 Å². The average molecular weight is 372 g/mol. The summed E-state index contributed by atoms with van der Waals surface area (Å²) < 4.78 is 7.25. The molecule has 1 atom stereocenters. The van der Waals surface area contributed by atoms with Crippen molar-refractivity contribution >= 4 is 27.5 Å². The number of nitrogens with zero attached hydrogens (tertiary/aromatic N) is 4. The molecule has 2 heterocycles. The number of aromatic nitrogens is 4. The molecule has 1 N–H and O–H groups in total. The van der Waals surface area contributed by atoms with Gasteiger partial charge in [0.15, 0.2) is 0 Å². The third kappa shape index (κ3) is 3.35. The van der Waals surface area contributed by atoms with Crippen molar-refractivity contribution in [3.63, 3.8) is 0 Å². The van der Waals surface area contributed by atoms with Crippen LogP contribution >= 0.6 is 27.5 Å². The summed E-state index contributed by atoms with van der Waals surface area (Å²) >= 11 is 5.09. The molecule has 2 aromatic heterocycles. The van der Waals surface area contributed by atoms with Crippen LogP contribution in [0, 0.1) is 0 Å². The summed E-state index contributed by atoms with van der Waals surface area (Å²) in [5.74, 6) is 0. The molecule has 0 aliphatic heterocycles. The lowest BCUT2D eigenvalue weighted by molar-refractivity contribution is 0.517. The average Bonchev–Trinajstić information content (AvgIpc) is 3.01. The molecule has 0 bridgehead atoms. The molecule has 21 heavy (non-hydrogen) atoms.